The largest absolute Gasteiger partial charge is 0.489 e. The SMILES string of the molecule is O=c1cc(OCc2ccc(F)cc2)ccn1OCc1ccc(CCl)cc1. The Balaban J connectivity index is 1.58. The van der Waals surface area contributed by atoms with E-state index in [1.807, 2.05) is 24.3 Å². The van der Waals surface area contributed by atoms with Gasteiger partial charge in [0.05, 0.1) is 6.20 Å². The van der Waals surface area contributed by atoms with Gasteiger partial charge in [0.25, 0.3) is 5.56 Å². The predicted molar refractivity (Wildman–Crippen MR) is 97.7 cm³/mol. The Kier molecular flexibility index (Phi) is 5.92. The molecule has 1 heterocycles. The topological polar surface area (TPSA) is 40.5 Å². The summed E-state index contributed by atoms with van der Waals surface area (Å²) < 4.78 is 19.6. The lowest BCUT2D eigenvalue weighted by Crippen LogP contribution is -2.25. The molecule has 26 heavy (non-hydrogen) atoms. The lowest BCUT2D eigenvalue weighted by atomic mass is 10.2. The van der Waals surface area contributed by atoms with E-state index in [1.54, 1.807) is 18.2 Å². The van der Waals surface area contributed by atoms with Gasteiger partial charge in [0, 0.05) is 18.0 Å². The number of aromatic nitrogens is 1. The van der Waals surface area contributed by atoms with Gasteiger partial charge in [0.1, 0.15) is 24.8 Å². The van der Waals surface area contributed by atoms with Crippen molar-refractivity contribution >= 4 is 11.6 Å². The van der Waals surface area contributed by atoms with Gasteiger partial charge in [0.2, 0.25) is 0 Å². The molecule has 1 aromatic heterocycles. The summed E-state index contributed by atoms with van der Waals surface area (Å²) >= 11 is 5.75. The molecule has 0 saturated heterocycles. The predicted octanol–water partition coefficient (Wildman–Crippen LogP) is 3.93. The summed E-state index contributed by atoms with van der Waals surface area (Å²) in [5.74, 6) is 0.580. The Hall–Kier alpha value is -2.79. The van der Waals surface area contributed by atoms with Crippen molar-refractivity contribution in [3.8, 4) is 5.75 Å². The molecule has 0 N–H and O–H groups in total. The van der Waals surface area contributed by atoms with E-state index in [-0.39, 0.29) is 24.6 Å². The molecule has 2 aromatic carbocycles. The maximum atomic E-state index is 12.9. The number of hydrogen-bond acceptors (Lipinski definition) is 3. The quantitative estimate of drug-likeness (QED) is 0.589. The Morgan fingerprint density at radius 2 is 1.50 bits per heavy atom. The first-order valence-electron chi connectivity index (χ1n) is 8.01. The summed E-state index contributed by atoms with van der Waals surface area (Å²) in [6, 6.07) is 16.6. The lowest BCUT2D eigenvalue weighted by Gasteiger charge is -2.10. The minimum atomic E-state index is -0.334. The van der Waals surface area contributed by atoms with Crippen LogP contribution in [0.15, 0.2) is 71.7 Å². The van der Waals surface area contributed by atoms with Gasteiger partial charge < -0.3 is 9.57 Å². The van der Waals surface area contributed by atoms with Gasteiger partial charge >= 0.3 is 0 Å². The molecular weight excluding hydrogens is 357 g/mol. The fourth-order valence-corrected chi connectivity index (χ4v) is 2.44. The summed E-state index contributed by atoms with van der Waals surface area (Å²) in [6.07, 6.45) is 1.51. The van der Waals surface area contributed by atoms with Crippen molar-refractivity contribution in [2.75, 3.05) is 0 Å². The van der Waals surface area contributed by atoms with Crippen LogP contribution in [0, 0.1) is 5.82 Å². The second-order valence-corrected chi connectivity index (χ2v) is 5.93. The fourth-order valence-electron chi connectivity index (χ4n) is 2.26. The van der Waals surface area contributed by atoms with Gasteiger partial charge in [-0.25, -0.2) is 4.39 Å². The van der Waals surface area contributed by atoms with Gasteiger partial charge in [-0.15, -0.1) is 11.6 Å². The first-order chi connectivity index (χ1) is 12.6. The van der Waals surface area contributed by atoms with Crippen molar-refractivity contribution in [2.24, 2.45) is 0 Å². The number of rotatable bonds is 7. The molecule has 0 fully saturated rings. The summed E-state index contributed by atoms with van der Waals surface area (Å²) in [5.41, 5.74) is 2.43. The number of alkyl halides is 1. The van der Waals surface area contributed by atoms with Crippen LogP contribution < -0.4 is 15.1 Å². The Bertz CT molecular complexity index is 908. The number of nitrogens with zero attached hydrogens (tertiary/aromatic N) is 1. The molecule has 0 aliphatic rings. The molecule has 0 atom stereocenters. The molecule has 0 bridgehead atoms. The first kappa shape index (κ1) is 18.0. The van der Waals surface area contributed by atoms with Crippen LogP contribution >= 0.6 is 11.6 Å². The second kappa shape index (κ2) is 8.54. The maximum absolute atomic E-state index is 12.9. The molecule has 134 valence electrons. The van der Waals surface area contributed by atoms with E-state index in [0.717, 1.165) is 21.4 Å². The molecule has 0 aliphatic heterocycles. The molecule has 4 nitrogen and oxygen atoms in total. The standard InChI is InChI=1S/C20H17ClFNO3/c21-12-15-1-3-17(4-2-15)14-26-23-10-9-19(11-20(23)24)25-13-16-5-7-18(22)8-6-16/h1-11H,12-14H2. The Morgan fingerprint density at radius 3 is 2.15 bits per heavy atom. The third-order valence-electron chi connectivity index (χ3n) is 3.72. The zero-order valence-corrected chi connectivity index (χ0v) is 14.7. The normalized spacial score (nSPS) is 10.5. The molecule has 0 spiro atoms. The molecule has 0 saturated carbocycles. The van der Waals surface area contributed by atoms with Gasteiger partial charge in [-0.05, 0) is 28.8 Å². The average molecular weight is 374 g/mol. The average Bonchev–Trinajstić information content (AvgIpc) is 2.67. The summed E-state index contributed by atoms with van der Waals surface area (Å²) in [6.45, 7) is 0.510. The van der Waals surface area contributed by atoms with Crippen LogP contribution in [0.1, 0.15) is 16.7 Å². The number of hydrogen-bond donors (Lipinski definition) is 0. The lowest BCUT2D eigenvalue weighted by molar-refractivity contribution is 0.0884. The van der Waals surface area contributed by atoms with Crippen molar-refractivity contribution in [1.29, 1.82) is 0 Å². The van der Waals surface area contributed by atoms with Crippen LogP contribution in [0.3, 0.4) is 0 Å². The van der Waals surface area contributed by atoms with E-state index in [1.165, 1.54) is 24.4 Å². The van der Waals surface area contributed by atoms with E-state index in [9.17, 15) is 9.18 Å². The molecular formula is C20H17ClFNO3. The van der Waals surface area contributed by atoms with Gasteiger partial charge in [-0.2, -0.15) is 4.73 Å². The Labute approximate surface area is 155 Å². The molecule has 0 amide bonds. The molecule has 0 unspecified atom stereocenters. The van der Waals surface area contributed by atoms with Gasteiger partial charge in [0.15, 0.2) is 0 Å². The van der Waals surface area contributed by atoms with E-state index < -0.39 is 0 Å². The third-order valence-corrected chi connectivity index (χ3v) is 4.03. The number of pyridine rings is 1. The minimum Gasteiger partial charge on any atom is -0.489 e. The summed E-state index contributed by atoms with van der Waals surface area (Å²) in [5, 5.41) is 0. The maximum Gasteiger partial charge on any atom is 0.286 e. The van der Waals surface area contributed by atoms with Gasteiger partial charge in [-0.3, -0.25) is 4.79 Å². The molecule has 3 aromatic rings. The van der Waals surface area contributed by atoms with E-state index in [2.05, 4.69) is 0 Å². The van der Waals surface area contributed by atoms with Crippen LogP contribution in [0.2, 0.25) is 0 Å². The zero-order chi connectivity index (χ0) is 18.4. The summed E-state index contributed by atoms with van der Waals surface area (Å²) in [4.78, 5) is 17.6. The van der Waals surface area contributed by atoms with Crippen LogP contribution in [0.4, 0.5) is 4.39 Å². The van der Waals surface area contributed by atoms with E-state index in [4.69, 9.17) is 21.2 Å². The monoisotopic (exact) mass is 373 g/mol. The second-order valence-electron chi connectivity index (χ2n) is 5.67. The Morgan fingerprint density at radius 1 is 0.885 bits per heavy atom. The molecule has 3 rings (SSSR count). The molecule has 6 heteroatoms. The van der Waals surface area contributed by atoms with Crippen molar-refractivity contribution in [3.05, 3.63) is 99.7 Å². The first-order valence-corrected chi connectivity index (χ1v) is 8.54. The van der Waals surface area contributed by atoms with Crippen LogP contribution in [0.25, 0.3) is 0 Å². The van der Waals surface area contributed by atoms with Crippen molar-refractivity contribution in [2.45, 2.75) is 19.1 Å². The zero-order valence-electron chi connectivity index (χ0n) is 13.9. The highest BCUT2D eigenvalue weighted by atomic mass is 35.5. The number of ether oxygens (including phenoxy) is 1. The van der Waals surface area contributed by atoms with Crippen molar-refractivity contribution < 1.29 is 14.0 Å². The van der Waals surface area contributed by atoms with E-state index in [0.29, 0.717) is 11.6 Å². The third kappa shape index (κ3) is 4.86. The summed E-state index contributed by atoms with van der Waals surface area (Å²) in [7, 11) is 0. The van der Waals surface area contributed by atoms with Gasteiger partial charge in [-0.1, -0.05) is 36.4 Å². The molecule has 0 radical (unpaired) electrons. The van der Waals surface area contributed by atoms with Crippen LogP contribution in [0.5, 0.6) is 5.75 Å². The fraction of sp³-hybridized carbons (Fsp3) is 0.150. The van der Waals surface area contributed by atoms with Crippen LogP contribution in [-0.2, 0) is 19.1 Å². The molecule has 0 aliphatic carbocycles. The number of benzene rings is 2. The van der Waals surface area contributed by atoms with E-state index >= 15 is 0 Å². The highest BCUT2D eigenvalue weighted by Gasteiger charge is 2.03. The highest BCUT2D eigenvalue weighted by Crippen LogP contribution is 2.11. The van der Waals surface area contributed by atoms with Crippen molar-refractivity contribution in [1.82, 2.24) is 4.73 Å². The highest BCUT2D eigenvalue weighted by molar-refractivity contribution is 6.17. The number of halogens is 2. The smallest absolute Gasteiger partial charge is 0.286 e. The van der Waals surface area contributed by atoms with Crippen LogP contribution in [-0.4, -0.2) is 4.73 Å². The van der Waals surface area contributed by atoms with Crippen molar-refractivity contribution in [3.63, 3.8) is 0 Å². The minimum absolute atomic E-state index is 0.248.